The molecule has 7 atom stereocenters. The summed E-state index contributed by atoms with van der Waals surface area (Å²) in [5.74, 6) is 0.498. The molecule has 0 radical (unpaired) electrons. The number of hydrogen-bond donors (Lipinski definition) is 4. The molecule has 5 unspecified atom stereocenters. The second kappa shape index (κ2) is 8.50. The van der Waals surface area contributed by atoms with Gasteiger partial charge < -0.3 is 26.2 Å². The van der Waals surface area contributed by atoms with Gasteiger partial charge in [-0.05, 0) is 63.7 Å². The Bertz CT molecular complexity index is 679. The molecular weight excluding hydrogens is 397 g/mol. The number of carbonyl (C=O) groups is 2. The van der Waals surface area contributed by atoms with Gasteiger partial charge in [-0.1, -0.05) is 6.92 Å². The van der Waals surface area contributed by atoms with Crippen LogP contribution in [0.15, 0.2) is 0 Å². The molecule has 5 rings (SSSR count). The number of carbonyl (C=O) groups excluding carboxylic acids is 2. The van der Waals surface area contributed by atoms with Crippen LogP contribution in [0.3, 0.4) is 0 Å². The van der Waals surface area contributed by atoms with Crippen molar-refractivity contribution in [2.75, 3.05) is 19.6 Å². The maximum absolute atomic E-state index is 14.4. The first-order valence-corrected chi connectivity index (χ1v) is 12.4. The highest BCUT2D eigenvalue weighted by Gasteiger charge is 2.47. The molecule has 0 bridgehead atoms. The largest absolute Gasteiger partial charge is 0.352 e. The fourth-order valence-corrected chi connectivity index (χ4v) is 6.93. The summed E-state index contributed by atoms with van der Waals surface area (Å²) in [5, 5.41) is 12.8. The van der Waals surface area contributed by atoms with Crippen LogP contribution < -0.4 is 21.3 Å². The summed E-state index contributed by atoms with van der Waals surface area (Å²) >= 11 is 0. The molecule has 3 saturated heterocycles. The monoisotopic (exact) mass is 435 g/mol. The van der Waals surface area contributed by atoms with Gasteiger partial charge in [0.15, 0.2) is 0 Å². The van der Waals surface area contributed by atoms with Crippen LogP contribution >= 0.6 is 0 Å². The molecule has 174 valence electrons. The van der Waals surface area contributed by atoms with Gasteiger partial charge in [0.05, 0.1) is 11.6 Å². The number of likely N-dealkylation sites (tertiary alicyclic amines) is 1. The molecule has 7 nitrogen and oxygen atoms in total. The van der Waals surface area contributed by atoms with E-state index >= 15 is 0 Å². The first kappa shape index (κ1) is 21.4. The lowest BCUT2D eigenvalue weighted by Gasteiger charge is -2.44. The Morgan fingerprint density at radius 2 is 1.97 bits per heavy atom. The molecule has 4 N–H and O–H groups in total. The molecule has 5 aliphatic rings. The van der Waals surface area contributed by atoms with Crippen molar-refractivity contribution >= 4 is 11.9 Å². The maximum Gasteiger partial charge on any atom is 0.315 e. The number of rotatable bonds is 3. The van der Waals surface area contributed by atoms with E-state index in [0.29, 0.717) is 24.8 Å². The molecule has 0 aromatic carbocycles. The third-order valence-electron chi connectivity index (χ3n) is 8.89. The number of amides is 3. The van der Waals surface area contributed by atoms with Crippen LogP contribution in [0.4, 0.5) is 9.18 Å². The van der Waals surface area contributed by atoms with E-state index in [4.69, 9.17) is 0 Å². The van der Waals surface area contributed by atoms with E-state index in [1.807, 2.05) is 0 Å². The molecule has 3 amide bonds. The van der Waals surface area contributed by atoms with E-state index in [9.17, 15) is 14.0 Å². The van der Waals surface area contributed by atoms with Gasteiger partial charge in [0.25, 0.3) is 0 Å². The molecule has 31 heavy (non-hydrogen) atoms. The van der Waals surface area contributed by atoms with Crippen molar-refractivity contribution in [1.82, 2.24) is 26.2 Å². The summed E-state index contributed by atoms with van der Waals surface area (Å²) in [6.07, 6.45) is 7.70. The summed E-state index contributed by atoms with van der Waals surface area (Å²) in [7, 11) is 0. The SMILES string of the molecule is CC1CCC(F)C2CC(C(=O)N[C@@H]3CCC[C@@H](N4CCC5(CC4)CNC(=O)N5)C3)NC12. The number of hydrogen-bond acceptors (Lipinski definition) is 4. The van der Waals surface area contributed by atoms with Gasteiger partial charge in [0, 0.05) is 43.7 Å². The zero-order valence-electron chi connectivity index (χ0n) is 18.7. The quantitative estimate of drug-likeness (QED) is 0.543. The molecule has 3 heterocycles. The second-order valence-electron chi connectivity index (χ2n) is 10.9. The average Bonchev–Trinajstić information content (AvgIpc) is 3.37. The molecule has 2 saturated carbocycles. The van der Waals surface area contributed by atoms with Crippen molar-refractivity contribution in [2.45, 2.75) is 101 Å². The van der Waals surface area contributed by atoms with E-state index in [-0.39, 0.29) is 41.5 Å². The number of nitrogens with zero attached hydrogens (tertiary/aromatic N) is 1. The topological polar surface area (TPSA) is 85.5 Å². The summed E-state index contributed by atoms with van der Waals surface area (Å²) in [6, 6.07) is 0.559. The predicted octanol–water partition coefficient (Wildman–Crippen LogP) is 1.68. The Hall–Kier alpha value is -1.41. The highest BCUT2D eigenvalue weighted by atomic mass is 19.1. The molecule has 5 fully saturated rings. The van der Waals surface area contributed by atoms with E-state index in [0.717, 1.165) is 58.2 Å². The Balaban J connectivity index is 1.12. The van der Waals surface area contributed by atoms with Gasteiger partial charge in [0.1, 0.15) is 6.17 Å². The first-order valence-electron chi connectivity index (χ1n) is 12.4. The number of fused-ring (bicyclic) bond motifs is 1. The summed E-state index contributed by atoms with van der Waals surface area (Å²) in [4.78, 5) is 27.1. The van der Waals surface area contributed by atoms with Crippen molar-refractivity contribution in [3.05, 3.63) is 0 Å². The Labute approximate surface area is 184 Å². The highest BCUT2D eigenvalue weighted by Crippen LogP contribution is 2.39. The Kier molecular flexibility index (Phi) is 5.88. The normalized spacial score (nSPS) is 42.6. The van der Waals surface area contributed by atoms with Gasteiger partial charge in [-0.15, -0.1) is 0 Å². The molecule has 1 spiro atoms. The number of halogens is 1. The molecule has 0 aromatic heterocycles. The Morgan fingerprint density at radius 3 is 2.68 bits per heavy atom. The highest BCUT2D eigenvalue weighted by molar-refractivity contribution is 5.82. The number of alkyl halides is 1. The standard InChI is InChI=1S/C23H38FN5O2/c1-14-5-6-18(24)17-12-19(27-20(14)17)21(30)26-15-3-2-4-16(11-15)29-9-7-23(8-10-29)13-25-22(31)28-23/h14-20,27H,2-13H2,1H3,(H,26,30)(H2,25,28,31)/t14?,15-,16-,17?,18?,19?,20?/m1/s1. The van der Waals surface area contributed by atoms with Gasteiger partial charge in [-0.2, -0.15) is 0 Å². The van der Waals surface area contributed by atoms with Crippen molar-refractivity contribution in [1.29, 1.82) is 0 Å². The van der Waals surface area contributed by atoms with Crippen LogP contribution in [0.25, 0.3) is 0 Å². The zero-order chi connectivity index (χ0) is 21.6. The third kappa shape index (κ3) is 4.30. The van der Waals surface area contributed by atoms with Crippen LogP contribution in [-0.4, -0.2) is 72.4 Å². The predicted molar refractivity (Wildman–Crippen MR) is 116 cm³/mol. The first-order chi connectivity index (χ1) is 14.9. The molecular formula is C23H38FN5O2. The van der Waals surface area contributed by atoms with Crippen molar-refractivity contribution in [2.24, 2.45) is 11.8 Å². The Morgan fingerprint density at radius 1 is 1.16 bits per heavy atom. The lowest BCUT2D eigenvalue weighted by molar-refractivity contribution is -0.124. The van der Waals surface area contributed by atoms with E-state index < -0.39 is 6.17 Å². The van der Waals surface area contributed by atoms with E-state index in [1.165, 1.54) is 6.42 Å². The number of piperidine rings is 1. The van der Waals surface area contributed by atoms with Crippen LogP contribution in [0.5, 0.6) is 0 Å². The lowest BCUT2D eigenvalue weighted by atomic mass is 9.77. The third-order valence-corrected chi connectivity index (χ3v) is 8.89. The van der Waals surface area contributed by atoms with Crippen LogP contribution in [0.2, 0.25) is 0 Å². The van der Waals surface area contributed by atoms with Gasteiger partial charge in [-0.25, -0.2) is 9.18 Å². The zero-order valence-corrected chi connectivity index (χ0v) is 18.7. The van der Waals surface area contributed by atoms with Gasteiger partial charge in [-0.3, -0.25) is 4.79 Å². The van der Waals surface area contributed by atoms with Crippen LogP contribution in [0.1, 0.15) is 64.7 Å². The smallest absolute Gasteiger partial charge is 0.315 e. The lowest BCUT2D eigenvalue weighted by Crippen LogP contribution is -2.56. The minimum atomic E-state index is -0.771. The summed E-state index contributed by atoms with van der Waals surface area (Å²) in [5.41, 5.74) is -0.0633. The van der Waals surface area contributed by atoms with Crippen molar-refractivity contribution in [3.63, 3.8) is 0 Å². The number of nitrogens with one attached hydrogen (secondary N) is 4. The summed E-state index contributed by atoms with van der Waals surface area (Å²) in [6.45, 7) is 4.91. The fraction of sp³-hybridized carbons (Fsp3) is 0.913. The van der Waals surface area contributed by atoms with Gasteiger partial charge in [0.2, 0.25) is 5.91 Å². The minimum absolute atomic E-state index is 0.00940. The molecule has 2 aliphatic carbocycles. The van der Waals surface area contributed by atoms with Crippen molar-refractivity contribution < 1.29 is 14.0 Å². The van der Waals surface area contributed by atoms with E-state index in [1.54, 1.807) is 0 Å². The van der Waals surface area contributed by atoms with E-state index in [2.05, 4.69) is 33.1 Å². The number of urea groups is 1. The molecule has 8 heteroatoms. The van der Waals surface area contributed by atoms with Crippen LogP contribution in [0, 0.1) is 11.8 Å². The van der Waals surface area contributed by atoms with Crippen molar-refractivity contribution in [3.8, 4) is 0 Å². The molecule has 0 aromatic rings. The average molecular weight is 436 g/mol. The summed E-state index contributed by atoms with van der Waals surface area (Å²) < 4.78 is 14.4. The maximum atomic E-state index is 14.4. The minimum Gasteiger partial charge on any atom is -0.352 e. The fourth-order valence-electron chi connectivity index (χ4n) is 6.93. The van der Waals surface area contributed by atoms with Gasteiger partial charge >= 0.3 is 6.03 Å². The second-order valence-corrected chi connectivity index (χ2v) is 10.9. The van der Waals surface area contributed by atoms with Crippen LogP contribution in [-0.2, 0) is 4.79 Å². The molecule has 3 aliphatic heterocycles.